The van der Waals surface area contributed by atoms with Crippen molar-refractivity contribution in [2.75, 3.05) is 26.4 Å². The minimum Gasteiger partial charge on any atom is -0.396 e. The van der Waals surface area contributed by atoms with Gasteiger partial charge in [0, 0.05) is 10.8 Å². The van der Waals surface area contributed by atoms with E-state index in [1.165, 1.54) is 25.7 Å². The van der Waals surface area contributed by atoms with Gasteiger partial charge in [0.25, 0.3) is 0 Å². The fourth-order valence-corrected chi connectivity index (χ4v) is 4.31. The predicted molar refractivity (Wildman–Crippen MR) is 125 cm³/mol. The lowest BCUT2D eigenvalue weighted by atomic mass is 9.77. The summed E-state index contributed by atoms with van der Waals surface area (Å²) in [6.45, 7) is 4.34. The van der Waals surface area contributed by atoms with Crippen LogP contribution < -0.4 is 0 Å². The maximum Gasteiger partial charge on any atom is 0.0512 e. The first-order chi connectivity index (χ1) is 14.5. The molecule has 4 N–H and O–H groups in total. The van der Waals surface area contributed by atoms with Crippen LogP contribution in [0.4, 0.5) is 0 Å². The van der Waals surface area contributed by atoms with Gasteiger partial charge in [0.2, 0.25) is 0 Å². The molecular weight excluding hydrogens is 376 g/mol. The highest BCUT2D eigenvalue weighted by atomic mass is 16.3. The number of unbranched alkanes of at least 4 members (excludes halogenated alkanes) is 6. The molecule has 0 aliphatic rings. The third kappa shape index (κ3) is 9.05. The largest absolute Gasteiger partial charge is 0.396 e. The first-order valence-corrected chi connectivity index (χ1v) is 12.0. The SMILES string of the molecule is CCCCCCC(CO)(CO)Cc1ccc(CC(CO)(CO)CCCCCC)cc1. The Morgan fingerprint density at radius 2 is 0.867 bits per heavy atom. The van der Waals surface area contributed by atoms with Crippen molar-refractivity contribution in [3.63, 3.8) is 0 Å². The molecule has 1 aromatic carbocycles. The Bertz CT molecular complexity index is 483. The molecular formula is C26H46O4. The standard InChI is InChI=1S/C26H46O4/c1-3-5-7-9-15-25(19-27,20-28)17-23-11-13-24(14-12-23)18-26(21-29,22-30)16-10-8-6-4-2/h11-14,27-30H,3-10,15-22H2,1-2H3. The Balaban J connectivity index is 2.75. The normalized spacial score (nSPS) is 12.5. The quantitative estimate of drug-likeness (QED) is 0.260. The van der Waals surface area contributed by atoms with Gasteiger partial charge >= 0.3 is 0 Å². The van der Waals surface area contributed by atoms with Gasteiger partial charge in [-0.05, 0) is 36.8 Å². The summed E-state index contributed by atoms with van der Waals surface area (Å²) < 4.78 is 0. The van der Waals surface area contributed by atoms with Gasteiger partial charge in [-0.3, -0.25) is 0 Å². The van der Waals surface area contributed by atoms with Gasteiger partial charge in [0.1, 0.15) is 0 Å². The van der Waals surface area contributed by atoms with Crippen molar-refractivity contribution in [1.29, 1.82) is 0 Å². The Morgan fingerprint density at radius 1 is 0.533 bits per heavy atom. The highest BCUT2D eigenvalue weighted by Gasteiger charge is 2.30. The molecule has 0 unspecified atom stereocenters. The van der Waals surface area contributed by atoms with Crippen LogP contribution in [-0.2, 0) is 12.8 Å². The molecule has 0 bridgehead atoms. The predicted octanol–water partition coefficient (Wildman–Crippen LogP) is 4.65. The molecule has 0 saturated carbocycles. The number of rotatable bonds is 18. The summed E-state index contributed by atoms with van der Waals surface area (Å²) in [5.41, 5.74) is 1.29. The zero-order chi connectivity index (χ0) is 22.3. The second-order valence-corrected chi connectivity index (χ2v) is 9.42. The van der Waals surface area contributed by atoms with E-state index in [4.69, 9.17) is 0 Å². The average Bonchev–Trinajstić information content (AvgIpc) is 2.79. The van der Waals surface area contributed by atoms with Gasteiger partial charge in [-0.15, -0.1) is 0 Å². The van der Waals surface area contributed by atoms with E-state index in [1.54, 1.807) is 0 Å². The summed E-state index contributed by atoms with van der Waals surface area (Å²) >= 11 is 0. The molecule has 0 atom stereocenters. The number of aliphatic hydroxyl groups is 4. The lowest BCUT2D eigenvalue weighted by molar-refractivity contribution is 0.0443. The lowest BCUT2D eigenvalue weighted by Gasteiger charge is -2.31. The van der Waals surface area contributed by atoms with Crippen molar-refractivity contribution in [3.05, 3.63) is 35.4 Å². The van der Waals surface area contributed by atoms with Crippen LogP contribution in [0, 0.1) is 10.8 Å². The van der Waals surface area contributed by atoms with Crippen LogP contribution in [0.2, 0.25) is 0 Å². The van der Waals surface area contributed by atoms with Gasteiger partial charge in [-0.1, -0.05) is 89.5 Å². The fourth-order valence-electron chi connectivity index (χ4n) is 4.31. The van der Waals surface area contributed by atoms with E-state index in [9.17, 15) is 20.4 Å². The topological polar surface area (TPSA) is 80.9 Å². The molecule has 0 radical (unpaired) electrons. The van der Waals surface area contributed by atoms with Crippen molar-refractivity contribution >= 4 is 0 Å². The Morgan fingerprint density at radius 3 is 1.13 bits per heavy atom. The number of hydrogen-bond donors (Lipinski definition) is 4. The van der Waals surface area contributed by atoms with Crippen molar-refractivity contribution in [2.45, 2.75) is 90.9 Å². The third-order valence-corrected chi connectivity index (χ3v) is 6.64. The summed E-state index contributed by atoms with van der Waals surface area (Å²) in [6.07, 6.45) is 12.1. The monoisotopic (exact) mass is 422 g/mol. The summed E-state index contributed by atoms with van der Waals surface area (Å²) in [4.78, 5) is 0. The highest BCUT2D eigenvalue weighted by molar-refractivity contribution is 5.25. The maximum absolute atomic E-state index is 9.97. The van der Waals surface area contributed by atoms with Crippen molar-refractivity contribution < 1.29 is 20.4 Å². The van der Waals surface area contributed by atoms with E-state index in [0.717, 1.165) is 49.7 Å². The van der Waals surface area contributed by atoms with E-state index in [0.29, 0.717) is 12.8 Å². The Hall–Kier alpha value is -0.940. The molecule has 1 rings (SSSR count). The minimum absolute atomic E-state index is 0.00667. The molecule has 0 spiro atoms. The molecule has 30 heavy (non-hydrogen) atoms. The summed E-state index contributed by atoms with van der Waals surface area (Å²) in [5.74, 6) is 0. The second-order valence-electron chi connectivity index (χ2n) is 9.42. The number of aliphatic hydroxyl groups excluding tert-OH is 4. The van der Waals surface area contributed by atoms with Gasteiger partial charge < -0.3 is 20.4 Å². The zero-order valence-corrected chi connectivity index (χ0v) is 19.4. The number of hydrogen-bond acceptors (Lipinski definition) is 4. The first-order valence-electron chi connectivity index (χ1n) is 12.0. The van der Waals surface area contributed by atoms with Crippen LogP contribution in [0.1, 0.15) is 89.2 Å². The summed E-state index contributed by atoms with van der Waals surface area (Å²) in [7, 11) is 0. The van der Waals surface area contributed by atoms with Crippen molar-refractivity contribution in [1.82, 2.24) is 0 Å². The van der Waals surface area contributed by atoms with E-state index in [1.807, 2.05) is 0 Å². The molecule has 0 saturated heterocycles. The molecule has 1 aromatic rings. The van der Waals surface area contributed by atoms with Gasteiger partial charge in [-0.2, -0.15) is 0 Å². The second kappa shape index (κ2) is 15.0. The van der Waals surface area contributed by atoms with Gasteiger partial charge in [0.15, 0.2) is 0 Å². The molecule has 0 amide bonds. The molecule has 0 heterocycles. The summed E-state index contributed by atoms with van der Waals surface area (Å²) in [5, 5.41) is 39.9. The van der Waals surface area contributed by atoms with Crippen molar-refractivity contribution in [3.8, 4) is 0 Å². The lowest BCUT2D eigenvalue weighted by Crippen LogP contribution is -2.33. The highest BCUT2D eigenvalue weighted by Crippen LogP contribution is 2.32. The smallest absolute Gasteiger partial charge is 0.0512 e. The van der Waals surface area contributed by atoms with Crippen LogP contribution in [-0.4, -0.2) is 46.9 Å². The van der Waals surface area contributed by atoms with Gasteiger partial charge in [0.05, 0.1) is 26.4 Å². The van der Waals surface area contributed by atoms with Crippen LogP contribution in [0.25, 0.3) is 0 Å². The summed E-state index contributed by atoms with van der Waals surface area (Å²) in [6, 6.07) is 8.27. The van der Waals surface area contributed by atoms with Gasteiger partial charge in [-0.25, -0.2) is 0 Å². The molecule has 4 nitrogen and oxygen atoms in total. The molecule has 0 aromatic heterocycles. The molecule has 0 fully saturated rings. The van der Waals surface area contributed by atoms with E-state index in [-0.39, 0.29) is 26.4 Å². The first kappa shape index (κ1) is 27.1. The molecule has 0 aliphatic heterocycles. The zero-order valence-electron chi connectivity index (χ0n) is 19.4. The third-order valence-electron chi connectivity index (χ3n) is 6.64. The van der Waals surface area contributed by atoms with E-state index in [2.05, 4.69) is 38.1 Å². The van der Waals surface area contributed by atoms with Crippen molar-refractivity contribution in [2.24, 2.45) is 10.8 Å². The molecule has 174 valence electrons. The van der Waals surface area contributed by atoms with Crippen LogP contribution in [0.15, 0.2) is 24.3 Å². The maximum atomic E-state index is 9.97. The molecule has 4 heteroatoms. The van der Waals surface area contributed by atoms with E-state index >= 15 is 0 Å². The van der Waals surface area contributed by atoms with E-state index < -0.39 is 10.8 Å². The fraction of sp³-hybridized carbons (Fsp3) is 0.769. The van der Waals surface area contributed by atoms with Crippen LogP contribution in [0.3, 0.4) is 0 Å². The number of benzene rings is 1. The minimum atomic E-state index is -0.464. The van der Waals surface area contributed by atoms with Crippen LogP contribution in [0.5, 0.6) is 0 Å². The molecule has 0 aliphatic carbocycles. The average molecular weight is 423 g/mol. The van der Waals surface area contributed by atoms with Crippen LogP contribution >= 0.6 is 0 Å². The Labute approximate surface area is 184 Å². The Kier molecular flexibility index (Phi) is 13.5.